The summed E-state index contributed by atoms with van der Waals surface area (Å²) in [4.78, 5) is 0. The second kappa shape index (κ2) is 9.60. The van der Waals surface area contributed by atoms with E-state index >= 15 is 0 Å². The maximum absolute atomic E-state index is 14.2. The predicted octanol–water partition coefficient (Wildman–Crippen LogP) is 5.97. The number of allylic oxidation sites excluding steroid dienone is 1. The summed E-state index contributed by atoms with van der Waals surface area (Å²) in [6.45, 7) is 8.97. The van der Waals surface area contributed by atoms with Crippen LogP contribution in [0.1, 0.15) is 47.0 Å². The van der Waals surface area contributed by atoms with Crippen molar-refractivity contribution in [2.75, 3.05) is 6.16 Å². The average Bonchev–Trinajstić information content (AvgIpc) is 2.72. The van der Waals surface area contributed by atoms with Crippen LogP contribution in [0.2, 0.25) is 5.04 Å². The minimum absolute atomic E-state index is 0.212. The Morgan fingerprint density at radius 1 is 1.00 bits per heavy atom. The van der Waals surface area contributed by atoms with Crippen LogP contribution in [0, 0.1) is 5.92 Å². The van der Waals surface area contributed by atoms with Crippen molar-refractivity contribution in [2.45, 2.75) is 58.1 Å². The zero-order chi connectivity index (χ0) is 20.9. The van der Waals surface area contributed by atoms with Gasteiger partial charge in [-0.2, -0.15) is 0 Å². The van der Waals surface area contributed by atoms with Crippen LogP contribution in [-0.2, 0) is 8.99 Å². The van der Waals surface area contributed by atoms with Crippen molar-refractivity contribution in [3.8, 4) is 0 Å². The molecule has 2 aromatic rings. The maximum Gasteiger partial charge on any atom is 0.236 e. The summed E-state index contributed by atoms with van der Waals surface area (Å²) >= 11 is 0. The van der Waals surface area contributed by atoms with E-state index in [1.807, 2.05) is 60.7 Å². The smallest absolute Gasteiger partial charge is 0.236 e. The molecule has 1 saturated carbocycles. The molecular formula is C25H33O2PSi. The number of hydrogen-bond acceptors (Lipinski definition) is 2. The Hall–Kier alpha value is -1.41. The van der Waals surface area contributed by atoms with E-state index in [0.29, 0.717) is 27.9 Å². The highest BCUT2D eigenvalue weighted by Gasteiger charge is 2.29. The van der Waals surface area contributed by atoms with Crippen LogP contribution in [0.25, 0.3) is 0 Å². The van der Waals surface area contributed by atoms with Crippen molar-refractivity contribution in [1.29, 1.82) is 0 Å². The first-order chi connectivity index (χ1) is 13.8. The Morgan fingerprint density at radius 3 is 2.07 bits per heavy atom. The second-order valence-electron chi connectivity index (χ2n) is 9.15. The summed E-state index contributed by atoms with van der Waals surface area (Å²) in [5.74, 6) is 0.535. The van der Waals surface area contributed by atoms with Gasteiger partial charge in [0.05, 0.1) is 0 Å². The molecule has 0 saturated heterocycles. The quantitative estimate of drug-likeness (QED) is 0.324. The summed E-state index contributed by atoms with van der Waals surface area (Å²) in [7, 11) is -2.18. The Morgan fingerprint density at radius 2 is 1.55 bits per heavy atom. The maximum atomic E-state index is 14.2. The fraction of sp³-hybridized carbons (Fsp3) is 0.440. The van der Waals surface area contributed by atoms with Gasteiger partial charge in [0.25, 0.3) is 0 Å². The van der Waals surface area contributed by atoms with Gasteiger partial charge in [0.2, 0.25) is 9.76 Å². The van der Waals surface area contributed by atoms with Crippen LogP contribution in [0.4, 0.5) is 0 Å². The molecule has 2 radical (unpaired) electrons. The summed E-state index contributed by atoms with van der Waals surface area (Å²) in [6, 6.07) is 19.9. The molecule has 0 unspecified atom stereocenters. The molecule has 0 aliphatic heterocycles. The standard InChI is InChI=1S/C25H33O2PSi/c1-20-15-16-22(27-29-25(2,3)4)19-21(20)17-18-28(26,23-11-7-5-8-12-23)24-13-9-6-10-14-24/h5-14,17,20,22H,15-16,18-19H2,1-4H3/b21-17+/t20-,22+/m0/s1. The molecule has 29 heavy (non-hydrogen) atoms. The molecule has 1 aliphatic rings. The van der Waals surface area contributed by atoms with E-state index in [2.05, 4.69) is 33.8 Å². The second-order valence-corrected chi connectivity index (χ2v) is 14.0. The molecule has 2 nitrogen and oxygen atoms in total. The lowest BCUT2D eigenvalue weighted by Crippen LogP contribution is -2.27. The van der Waals surface area contributed by atoms with E-state index in [1.54, 1.807) is 0 Å². The van der Waals surface area contributed by atoms with Crippen LogP contribution < -0.4 is 10.6 Å². The van der Waals surface area contributed by atoms with Gasteiger partial charge in [-0.25, -0.2) is 0 Å². The molecule has 1 aliphatic carbocycles. The molecule has 0 heterocycles. The van der Waals surface area contributed by atoms with Gasteiger partial charge in [-0.15, -0.1) is 0 Å². The average molecular weight is 425 g/mol. The van der Waals surface area contributed by atoms with Crippen LogP contribution in [0.3, 0.4) is 0 Å². The van der Waals surface area contributed by atoms with Crippen molar-refractivity contribution in [2.24, 2.45) is 5.92 Å². The lowest BCUT2D eigenvalue weighted by molar-refractivity contribution is 0.164. The minimum Gasteiger partial charge on any atom is -0.414 e. The zero-order valence-electron chi connectivity index (χ0n) is 18.1. The van der Waals surface area contributed by atoms with Crippen LogP contribution in [0.15, 0.2) is 72.3 Å². The van der Waals surface area contributed by atoms with Gasteiger partial charge in [-0.1, -0.05) is 100 Å². The van der Waals surface area contributed by atoms with Crippen molar-refractivity contribution >= 4 is 27.5 Å². The monoisotopic (exact) mass is 424 g/mol. The van der Waals surface area contributed by atoms with E-state index < -0.39 is 7.14 Å². The Bertz CT molecular complexity index is 812. The number of rotatable bonds is 6. The summed E-state index contributed by atoms with van der Waals surface area (Å²) in [5, 5.41) is 2.09. The molecule has 0 bridgehead atoms. The van der Waals surface area contributed by atoms with Crippen molar-refractivity contribution in [3.63, 3.8) is 0 Å². The fourth-order valence-electron chi connectivity index (χ4n) is 3.78. The molecule has 0 spiro atoms. The molecule has 2 atom stereocenters. The van der Waals surface area contributed by atoms with Crippen molar-refractivity contribution < 1.29 is 8.99 Å². The van der Waals surface area contributed by atoms with Crippen LogP contribution in [0.5, 0.6) is 0 Å². The minimum atomic E-state index is -2.69. The van der Waals surface area contributed by atoms with E-state index in [1.165, 1.54) is 5.57 Å². The van der Waals surface area contributed by atoms with Gasteiger partial charge in [0.1, 0.15) is 7.14 Å². The highest BCUT2D eigenvalue weighted by Crippen LogP contribution is 2.44. The Balaban J connectivity index is 1.82. The van der Waals surface area contributed by atoms with Gasteiger partial charge in [0.15, 0.2) is 0 Å². The third-order valence-corrected chi connectivity index (χ3v) is 9.53. The molecule has 0 amide bonds. The van der Waals surface area contributed by atoms with Gasteiger partial charge in [-0.05, 0) is 30.2 Å². The van der Waals surface area contributed by atoms with Crippen molar-refractivity contribution in [3.05, 3.63) is 72.3 Å². The third-order valence-electron chi connectivity index (χ3n) is 5.51. The fourth-order valence-corrected chi connectivity index (χ4v) is 7.02. The number of hydrogen-bond donors (Lipinski definition) is 0. The number of benzene rings is 2. The highest BCUT2D eigenvalue weighted by atomic mass is 31.2. The van der Waals surface area contributed by atoms with E-state index in [4.69, 9.17) is 4.43 Å². The predicted molar refractivity (Wildman–Crippen MR) is 126 cm³/mol. The highest BCUT2D eigenvalue weighted by molar-refractivity contribution is 7.78. The summed E-state index contributed by atoms with van der Waals surface area (Å²) in [6.07, 6.45) is 6.37. The van der Waals surface area contributed by atoms with Gasteiger partial charge < -0.3 is 8.99 Å². The SMILES string of the molecule is C[C@H]1CC[C@@H](O[Si]C(C)(C)C)C/C1=C\CP(=O)(c1ccccc1)c1ccccc1. The van der Waals surface area contributed by atoms with Gasteiger partial charge >= 0.3 is 0 Å². The van der Waals surface area contributed by atoms with E-state index in [9.17, 15) is 4.57 Å². The lowest BCUT2D eigenvalue weighted by Gasteiger charge is -2.31. The van der Waals surface area contributed by atoms with Crippen LogP contribution >= 0.6 is 7.14 Å². The molecule has 3 rings (SSSR count). The third kappa shape index (κ3) is 6.04. The van der Waals surface area contributed by atoms with E-state index in [-0.39, 0.29) is 5.04 Å². The normalized spacial score (nSPS) is 22.0. The largest absolute Gasteiger partial charge is 0.414 e. The first-order valence-corrected chi connectivity index (χ1v) is 13.4. The van der Waals surface area contributed by atoms with Crippen LogP contribution in [-0.4, -0.2) is 22.0 Å². The van der Waals surface area contributed by atoms with E-state index in [0.717, 1.165) is 29.9 Å². The Labute approximate surface area is 179 Å². The summed E-state index contributed by atoms with van der Waals surface area (Å²) in [5.41, 5.74) is 1.41. The first kappa shape index (κ1) is 22.3. The first-order valence-electron chi connectivity index (χ1n) is 10.6. The molecule has 0 N–H and O–H groups in total. The zero-order valence-corrected chi connectivity index (χ0v) is 20.0. The molecule has 4 heteroatoms. The van der Waals surface area contributed by atoms with Gasteiger partial charge in [-0.3, -0.25) is 0 Å². The molecule has 154 valence electrons. The Kier molecular flexibility index (Phi) is 7.37. The lowest BCUT2D eigenvalue weighted by atomic mass is 9.84. The summed E-state index contributed by atoms with van der Waals surface area (Å²) < 4.78 is 20.5. The van der Waals surface area contributed by atoms with Gasteiger partial charge in [0, 0.05) is 22.9 Å². The molecule has 1 fully saturated rings. The molecule has 2 aromatic carbocycles. The topological polar surface area (TPSA) is 26.3 Å². The molecular weight excluding hydrogens is 391 g/mol. The molecule has 0 aromatic heterocycles. The van der Waals surface area contributed by atoms with Crippen molar-refractivity contribution in [1.82, 2.24) is 0 Å².